The summed E-state index contributed by atoms with van der Waals surface area (Å²) in [5.41, 5.74) is 1.00. The molecule has 0 amide bonds. The fourth-order valence-corrected chi connectivity index (χ4v) is 1.74. The van der Waals surface area contributed by atoms with Crippen LogP contribution < -0.4 is 0 Å². The van der Waals surface area contributed by atoms with E-state index in [0.29, 0.717) is 0 Å². The van der Waals surface area contributed by atoms with E-state index in [0.717, 1.165) is 31.4 Å². The van der Waals surface area contributed by atoms with Crippen molar-refractivity contribution in [2.45, 2.75) is 25.2 Å². The summed E-state index contributed by atoms with van der Waals surface area (Å²) in [6.07, 6.45) is 2.91. The molecule has 0 radical (unpaired) electrons. The van der Waals surface area contributed by atoms with Crippen LogP contribution in [0.25, 0.3) is 0 Å². The number of benzene rings is 1. The molecule has 1 aromatic rings. The Kier molecular flexibility index (Phi) is 6.04. The first kappa shape index (κ1) is 13.1. The molecule has 1 unspecified atom stereocenters. The Bertz CT molecular complexity index is 284. The molecule has 0 aliphatic carbocycles. The molecule has 16 heavy (non-hydrogen) atoms. The fourth-order valence-electron chi connectivity index (χ4n) is 1.74. The van der Waals surface area contributed by atoms with Crippen LogP contribution in [0.5, 0.6) is 0 Å². The van der Waals surface area contributed by atoms with Gasteiger partial charge in [0.15, 0.2) is 0 Å². The van der Waals surface area contributed by atoms with Crippen LogP contribution in [0.2, 0.25) is 0 Å². The zero-order valence-electron chi connectivity index (χ0n) is 9.66. The maximum Gasteiger partial charge on any atom is 0.123 e. The average molecular weight is 226 g/mol. The minimum Gasteiger partial charge on any atom is -0.396 e. The lowest BCUT2D eigenvalue weighted by atomic mass is 9.94. The van der Waals surface area contributed by atoms with Crippen LogP contribution in [0.3, 0.4) is 0 Å². The van der Waals surface area contributed by atoms with E-state index < -0.39 is 0 Å². The van der Waals surface area contributed by atoms with Gasteiger partial charge < -0.3 is 9.84 Å². The maximum absolute atomic E-state index is 12.7. The van der Waals surface area contributed by atoms with Gasteiger partial charge in [-0.2, -0.15) is 0 Å². The molecule has 1 rings (SSSR count). The molecule has 2 nitrogen and oxygen atoms in total. The lowest BCUT2D eigenvalue weighted by Gasteiger charge is -2.14. The summed E-state index contributed by atoms with van der Waals surface area (Å²) < 4.78 is 17.7. The molecule has 0 fully saturated rings. The van der Waals surface area contributed by atoms with E-state index >= 15 is 0 Å². The normalized spacial score (nSPS) is 12.7. The first-order chi connectivity index (χ1) is 7.77. The number of ether oxygens (including phenoxy) is 1. The Morgan fingerprint density at radius 3 is 2.50 bits per heavy atom. The van der Waals surface area contributed by atoms with Gasteiger partial charge >= 0.3 is 0 Å². The van der Waals surface area contributed by atoms with Crippen molar-refractivity contribution in [2.24, 2.45) is 0 Å². The van der Waals surface area contributed by atoms with Crippen molar-refractivity contribution in [2.75, 3.05) is 20.3 Å². The van der Waals surface area contributed by atoms with Gasteiger partial charge in [-0.15, -0.1) is 0 Å². The molecule has 3 heteroatoms. The Morgan fingerprint density at radius 2 is 1.94 bits per heavy atom. The molecular weight excluding hydrogens is 207 g/mol. The summed E-state index contributed by atoms with van der Waals surface area (Å²) in [6.45, 7) is 0.861. The highest BCUT2D eigenvalue weighted by atomic mass is 19.1. The summed E-state index contributed by atoms with van der Waals surface area (Å²) in [5.74, 6) is -0.128. The van der Waals surface area contributed by atoms with E-state index in [9.17, 15) is 9.50 Å². The predicted molar refractivity (Wildman–Crippen MR) is 62.0 cm³/mol. The van der Waals surface area contributed by atoms with Crippen molar-refractivity contribution in [3.8, 4) is 0 Å². The number of hydrogen-bond acceptors (Lipinski definition) is 2. The highest BCUT2D eigenvalue weighted by Crippen LogP contribution is 2.21. The SMILES string of the molecule is COCCCCC(CO)c1ccc(F)cc1. The largest absolute Gasteiger partial charge is 0.396 e. The van der Waals surface area contributed by atoms with E-state index in [-0.39, 0.29) is 18.3 Å². The quantitative estimate of drug-likeness (QED) is 0.724. The molecule has 1 atom stereocenters. The highest BCUT2D eigenvalue weighted by molar-refractivity contribution is 5.20. The van der Waals surface area contributed by atoms with Gasteiger partial charge in [0.05, 0.1) is 0 Å². The van der Waals surface area contributed by atoms with Crippen LogP contribution in [0, 0.1) is 5.82 Å². The van der Waals surface area contributed by atoms with E-state index in [1.807, 2.05) is 0 Å². The van der Waals surface area contributed by atoms with Crippen molar-refractivity contribution in [3.63, 3.8) is 0 Å². The molecule has 1 N–H and O–H groups in total. The van der Waals surface area contributed by atoms with Crippen molar-refractivity contribution >= 4 is 0 Å². The van der Waals surface area contributed by atoms with E-state index in [4.69, 9.17) is 4.74 Å². The third kappa shape index (κ3) is 4.29. The maximum atomic E-state index is 12.7. The van der Waals surface area contributed by atoms with Crippen molar-refractivity contribution < 1.29 is 14.2 Å². The third-order valence-corrected chi connectivity index (χ3v) is 2.71. The Labute approximate surface area is 96.1 Å². The van der Waals surface area contributed by atoms with Crippen LogP contribution in [-0.4, -0.2) is 25.4 Å². The molecular formula is C13H19FO2. The van der Waals surface area contributed by atoms with Gasteiger partial charge in [-0.1, -0.05) is 18.6 Å². The average Bonchev–Trinajstić information content (AvgIpc) is 2.31. The van der Waals surface area contributed by atoms with Gasteiger partial charge in [0.2, 0.25) is 0 Å². The second-order valence-corrected chi connectivity index (χ2v) is 3.92. The lowest BCUT2D eigenvalue weighted by molar-refractivity contribution is 0.188. The van der Waals surface area contributed by atoms with Gasteiger partial charge in [0.25, 0.3) is 0 Å². The fraction of sp³-hybridized carbons (Fsp3) is 0.538. The Balaban J connectivity index is 2.44. The number of unbranched alkanes of at least 4 members (excludes halogenated alkanes) is 1. The minimum atomic E-state index is -0.236. The van der Waals surface area contributed by atoms with E-state index in [1.54, 1.807) is 19.2 Å². The smallest absolute Gasteiger partial charge is 0.123 e. The number of methoxy groups -OCH3 is 1. The molecule has 0 bridgehead atoms. The monoisotopic (exact) mass is 226 g/mol. The zero-order chi connectivity index (χ0) is 11.8. The molecule has 0 saturated heterocycles. The first-order valence-corrected chi connectivity index (χ1v) is 5.63. The van der Waals surface area contributed by atoms with Gasteiger partial charge in [-0.05, 0) is 30.5 Å². The molecule has 0 aromatic heterocycles. The summed E-state index contributed by atoms with van der Waals surface area (Å²) >= 11 is 0. The summed E-state index contributed by atoms with van der Waals surface area (Å²) in [7, 11) is 1.68. The number of halogens is 1. The second kappa shape index (κ2) is 7.36. The van der Waals surface area contributed by atoms with Crippen molar-refractivity contribution in [3.05, 3.63) is 35.6 Å². The molecule has 0 heterocycles. The third-order valence-electron chi connectivity index (χ3n) is 2.71. The molecule has 1 aromatic carbocycles. The summed E-state index contributed by atoms with van der Waals surface area (Å²) in [4.78, 5) is 0. The Morgan fingerprint density at radius 1 is 1.25 bits per heavy atom. The van der Waals surface area contributed by atoms with Crippen LogP contribution >= 0.6 is 0 Å². The number of aliphatic hydroxyl groups excluding tert-OH is 1. The summed E-state index contributed by atoms with van der Waals surface area (Å²) in [6, 6.07) is 6.36. The lowest BCUT2D eigenvalue weighted by Crippen LogP contribution is -2.04. The molecule has 0 aliphatic rings. The number of hydrogen-bond donors (Lipinski definition) is 1. The molecule has 0 spiro atoms. The number of rotatable bonds is 7. The topological polar surface area (TPSA) is 29.5 Å². The second-order valence-electron chi connectivity index (χ2n) is 3.92. The van der Waals surface area contributed by atoms with Gasteiger partial charge in [-0.25, -0.2) is 4.39 Å². The number of aliphatic hydroxyl groups is 1. The van der Waals surface area contributed by atoms with Crippen LogP contribution in [0.15, 0.2) is 24.3 Å². The van der Waals surface area contributed by atoms with Crippen LogP contribution in [0.4, 0.5) is 4.39 Å². The van der Waals surface area contributed by atoms with E-state index in [2.05, 4.69) is 0 Å². The van der Waals surface area contributed by atoms with Gasteiger partial charge in [0.1, 0.15) is 5.82 Å². The predicted octanol–water partition coefficient (Wildman–Crippen LogP) is 2.72. The standard InChI is InChI=1S/C13H19FO2/c1-16-9-3-2-4-12(10-15)11-5-7-13(14)8-6-11/h5-8,12,15H,2-4,9-10H2,1H3. The molecule has 90 valence electrons. The molecule has 0 aliphatic heterocycles. The minimum absolute atomic E-state index is 0.109. The van der Waals surface area contributed by atoms with Crippen molar-refractivity contribution in [1.82, 2.24) is 0 Å². The first-order valence-electron chi connectivity index (χ1n) is 5.63. The van der Waals surface area contributed by atoms with Crippen LogP contribution in [0.1, 0.15) is 30.7 Å². The molecule has 0 saturated carbocycles. The van der Waals surface area contributed by atoms with Crippen molar-refractivity contribution in [1.29, 1.82) is 0 Å². The zero-order valence-corrected chi connectivity index (χ0v) is 9.66. The highest BCUT2D eigenvalue weighted by Gasteiger charge is 2.09. The van der Waals surface area contributed by atoms with Crippen LogP contribution in [-0.2, 0) is 4.74 Å². The van der Waals surface area contributed by atoms with Gasteiger partial charge in [0, 0.05) is 26.2 Å². The Hall–Kier alpha value is -0.930. The van der Waals surface area contributed by atoms with Gasteiger partial charge in [-0.3, -0.25) is 0 Å². The van der Waals surface area contributed by atoms with E-state index in [1.165, 1.54) is 12.1 Å². The summed E-state index contributed by atoms with van der Waals surface area (Å²) in [5, 5.41) is 9.28.